The molecule has 2 amide bonds. The lowest BCUT2D eigenvalue weighted by Gasteiger charge is -2.22. The minimum Gasteiger partial charge on any atom is -0.348 e. The zero-order valence-electron chi connectivity index (χ0n) is 16.9. The first kappa shape index (κ1) is 20.6. The van der Waals surface area contributed by atoms with Crippen LogP contribution < -0.4 is 15.5 Å². The Morgan fingerprint density at radius 3 is 2.28 bits per heavy atom. The number of hydrogen-bond donors (Lipinski definition) is 3. The third-order valence-corrected chi connectivity index (χ3v) is 5.08. The molecule has 0 heterocycles. The number of amides is 2. The van der Waals surface area contributed by atoms with Gasteiger partial charge < -0.3 is 15.5 Å². The van der Waals surface area contributed by atoms with Gasteiger partial charge in [-0.15, -0.1) is 0 Å². The average Bonchev–Trinajstić information content (AvgIpc) is 2.73. The maximum absolute atomic E-state index is 12.3. The molecule has 1 atom stereocenters. The van der Waals surface area contributed by atoms with Crippen LogP contribution in [0.5, 0.6) is 0 Å². The second-order valence-electron chi connectivity index (χ2n) is 7.44. The number of fused-ring (bicyclic) bond motifs is 1. The van der Waals surface area contributed by atoms with E-state index >= 15 is 0 Å². The Kier molecular flexibility index (Phi) is 6.98. The van der Waals surface area contributed by atoms with Gasteiger partial charge in [-0.25, -0.2) is 0 Å². The number of quaternary nitrogens is 1. The molecule has 0 aromatic heterocycles. The van der Waals surface area contributed by atoms with E-state index in [0.717, 1.165) is 16.3 Å². The molecule has 0 saturated carbocycles. The summed E-state index contributed by atoms with van der Waals surface area (Å²) in [5, 5.41) is 7.84. The second-order valence-corrected chi connectivity index (χ2v) is 7.44. The van der Waals surface area contributed by atoms with E-state index in [2.05, 4.69) is 36.9 Å². The van der Waals surface area contributed by atoms with Crippen molar-refractivity contribution in [3.05, 3.63) is 83.9 Å². The van der Waals surface area contributed by atoms with E-state index < -0.39 is 0 Å². The molecule has 0 radical (unpaired) electrons. The Morgan fingerprint density at radius 2 is 1.52 bits per heavy atom. The van der Waals surface area contributed by atoms with Gasteiger partial charge in [-0.05, 0) is 16.3 Å². The lowest BCUT2D eigenvalue weighted by atomic mass is 10.0. The van der Waals surface area contributed by atoms with Crippen LogP contribution in [0.3, 0.4) is 0 Å². The van der Waals surface area contributed by atoms with Crippen LogP contribution >= 0.6 is 0 Å². The van der Waals surface area contributed by atoms with Gasteiger partial charge in [0.1, 0.15) is 6.04 Å². The lowest BCUT2D eigenvalue weighted by Crippen LogP contribution is -3.07. The van der Waals surface area contributed by atoms with Crippen LogP contribution in [0, 0.1) is 0 Å². The molecule has 3 N–H and O–H groups in total. The Bertz CT molecular complexity index is 965. The van der Waals surface area contributed by atoms with Gasteiger partial charge in [0.05, 0.1) is 33.6 Å². The van der Waals surface area contributed by atoms with Gasteiger partial charge in [0.25, 0.3) is 0 Å². The topological polar surface area (TPSA) is 62.6 Å². The van der Waals surface area contributed by atoms with E-state index in [9.17, 15) is 9.59 Å². The highest BCUT2D eigenvalue weighted by atomic mass is 16.2. The number of nitrogens with one attached hydrogen (secondary N) is 3. The minimum absolute atomic E-state index is 0.0200. The zero-order valence-corrected chi connectivity index (χ0v) is 16.9. The monoisotopic (exact) mass is 390 g/mol. The highest BCUT2D eigenvalue weighted by molar-refractivity contribution is 5.91. The Labute approximate surface area is 171 Å². The highest BCUT2D eigenvalue weighted by Crippen LogP contribution is 2.18. The smallest absolute Gasteiger partial charge is 0.239 e. The molecule has 0 saturated heterocycles. The first-order valence-electron chi connectivity index (χ1n) is 9.89. The van der Waals surface area contributed by atoms with Crippen LogP contribution in [0.4, 0.5) is 0 Å². The third kappa shape index (κ3) is 5.65. The summed E-state index contributed by atoms with van der Waals surface area (Å²) in [7, 11) is 4.13. The second kappa shape index (κ2) is 9.85. The summed E-state index contributed by atoms with van der Waals surface area (Å²) in [6.07, 6.45) is 0.253. The SMILES string of the molecule is C[NH+](C)[C@H](CNC(=O)CNC(=O)Cc1cccc2ccccc12)c1ccccc1. The maximum atomic E-state index is 12.3. The largest absolute Gasteiger partial charge is 0.348 e. The molecule has 150 valence electrons. The highest BCUT2D eigenvalue weighted by Gasteiger charge is 2.18. The molecule has 0 bridgehead atoms. The van der Waals surface area contributed by atoms with Gasteiger partial charge >= 0.3 is 0 Å². The van der Waals surface area contributed by atoms with Crippen LogP contribution in [0.1, 0.15) is 17.2 Å². The van der Waals surface area contributed by atoms with E-state index in [0.29, 0.717) is 6.54 Å². The first-order valence-corrected chi connectivity index (χ1v) is 9.89. The molecule has 3 rings (SSSR count). The molecule has 5 heteroatoms. The summed E-state index contributed by atoms with van der Waals surface area (Å²) < 4.78 is 0. The molecule has 0 aliphatic rings. The molecule has 29 heavy (non-hydrogen) atoms. The van der Waals surface area contributed by atoms with Crippen LogP contribution in [-0.4, -0.2) is 39.0 Å². The predicted molar refractivity (Wildman–Crippen MR) is 116 cm³/mol. The van der Waals surface area contributed by atoms with E-state index in [1.165, 1.54) is 10.5 Å². The Balaban J connectivity index is 1.50. The summed E-state index contributed by atoms with van der Waals surface area (Å²) in [5.74, 6) is -0.340. The lowest BCUT2D eigenvalue weighted by molar-refractivity contribution is -0.890. The van der Waals surface area contributed by atoms with E-state index in [1.54, 1.807) is 0 Å². The van der Waals surface area contributed by atoms with Crippen molar-refractivity contribution in [2.75, 3.05) is 27.2 Å². The number of carbonyl (C=O) groups is 2. The van der Waals surface area contributed by atoms with E-state index in [-0.39, 0.29) is 30.8 Å². The minimum atomic E-state index is -0.182. The van der Waals surface area contributed by atoms with Crippen molar-refractivity contribution in [2.45, 2.75) is 12.5 Å². The molecule has 0 fully saturated rings. The van der Waals surface area contributed by atoms with Gasteiger partial charge in [-0.3, -0.25) is 9.59 Å². The van der Waals surface area contributed by atoms with Crippen molar-refractivity contribution in [1.82, 2.24) is 10.6 Å². The van der Waals surface area contributed by atoms with Gasteiger partial charge in [-0.2, -0.15) is 0 Å². The number of carbonyl (C=O) groups excluding carboxylic acids is 2. The number of hydrogen-bond acceptors (Lipinski definition) is 2. The van der Waals surface area contributed by atoms with Crippen molar-refractivity contribution in [3.63, 3.8) is 0 Å². The molecule has 3 aromatic carbocycles. The van der Waals surface area contributed by atoms with Crippen LogP contribution in [-0.2, 0) is 16.0 Å². The normalized spacial score (nSPS) is 12.0. The summed E-state index contributed by atoms with van der Waals surface area (Å²) in [6, 6.07) is 24.2. The quantitative estimate of drug-likeness (QED) is 0.546. The van der Waals surface area contributed by atoms with Crippen LogP contribution in [0.15, 0.2) is 72.8 Å². The average molecular weight is 391 g/mol. The fraction of sp³-hybridized carbons (Fsp3) is 0.250. The number of rotatable bonds is 8. The fourth-order valence-corrected chi connectivity index (χ4v) is 3.48. The van der Waals surface area contributed by atoms with E-state index in [4.69, 9.17) is 0 Å². The summed E-state index contributed by atoms with van der Waals surface area (Å²) in [4.78, 5) is 25.8. The molecule has 3 aromatic rings. The van der Waals surface area contributed by atoms with Gasteiger partial charge in [0, 0.05) is 5.56 Å². The molecular formula is C24H28N3O2+. The molecule has 0 spiro atoms. The van der Waals surface area contributed by atoms with Gasteiger partial charge in [-0.1, -0.05) is 72.8 Å². The molecule has 0 aliphatic carbocycles. The number of likely N-dealkylation sites (N-methyl/N-ethyl adjacent to an activating group) is 1. The predicted octanol–water partition coefficient (Wildman–Crippen LogP) is 1.50. The molecule has 0 unspecified atom stereocenters. The Morgan fingerprint density at radius 1 is 0.828 bits per heavy atom. The van der Waals surface area contributed by atoms with Gasteiger partial charge in [0.2, 0.25) is 11.8 Å². The first-order chi connectivity index (χ1) is 14.0. The third-order valence-electron chi connectivity index (χ3n) is 5.08. The molecule has 5 nitrogen and oxygen atoms in total. The van der Waals surface area contributed by atoms with Crippen molar-refractivity contribution in [2.24, 2.45) is 0 Å². The fourth-order valence-electron chi connectivity index (χ4n) is 3.48. The van der Waals surface area contributed by atoms with Crippen molar-refractivity contribution < 1.29 is 14.5 Å². The van der Waals surface area contributed by atoms with Crippen molar-refractivity contribution in [3.8, 4) is 0 Å². The maximum Gasteiger partial charge on any atom is 0.239 e. The van der Waals surface area contributed by atoms with Crippen molar-refractivity contribution >= 4 is 22.6 Å². The van der Waals surface area contributed by atoms with Crippen molar-refractivity contribution in [1.29, 1.82) is 0 Å². The number of benzene rings is 3. The van der Waals surface area contributed by atoms with Gasteiger partial charge in [0.15, 0.2) is 0 Å². The standard InChI is InChI=1S/C24H27N3O2/c1-27(2)22(19-10-4-3-5-11-19)16-25-24(29)17-26-23(28)15-20-13-8-12-18-9-6-7-14-21(18)20/h3-14,22H,15-17H2,1-2H3,(H,25,29)(H,26,28)/p+1/t22-/m1/s1. The summed E-state index contributed by atoms with van der Waals surface area (Å²) in [5.41, 5.74) is 2.13. The molecule has 0 aliphatic heterocycles. The Hall–Kier alpha value is -3.18. The molecular weight excluding hydrogens is 362 g/mol. The zero-order chi connectivity index (χ0) is 20.6. The summed E-state index contributed by atoms with van der Waals surface area (Å²) in [6.45, 7) is 0.498. The van der Waals surface area contributed by atoms with E-state index in [1.807, 2.05) is 60.7 Å². The summed E-state index contributed by atoms with van der Waals surface area (Å²) >= 11 is 0. The van der Waals surface area contributed by atoms with Crippen LogP contribution in [0.2, 0.25) is 0 Å². The van der Waals surface area contributed by atoms with Crippen LogP contribution in [0.25, 0.3) is 10.8 Å².